The van der Waals surface area contributed by atoms with Crippen molar-refractivity contribution in [3.8, 4) is 90.6 Å². The second-order valence-corrected chi connectivity index (χ2v) is 29.5. The first kappa shape index (κ1) is 58.5. The summed E-state index contributed by atoms with van der Waals surface area (Å²) in [6.07, 6.45) is 8.70. The highest BCUT2D eigenvalue weighted by atomic mass is 15.0. The number of rotatable bonds is 9. The van der Waals surface area contributed by atoms with Gasteiger partial charge in [0.1, 0.15) is 0 Å². The first-order valence-electron chi connectivity index (χ1n) is 34.3. The molecule has 13 aromatic carbocycles. The van der Waals surface area contributed by atoms with Gasteiger partial charge in [0.05, 0.1) is 0 Å². The zero-order valence-electron chi connectivity index (χ0n) is 55.8. The van der Waals surface area contributed by atoms with Gasteiger partial charge in [-0.3, -0.25) is 0 Å². The Hall–Kier alpha value is -11.1. The van der Waals surface area contributed by atoms with Crippen LogP contribution in [0.5, 0.6) is 0 Å². The summed E-state index contributed by atoms with van der Waals surface area (Å²) < 4.78 is 0. The lowest BCUT2D eigenvalue weighted by Gasteiger charge is -2.30. The van der Waals surface area contributed by atoms with Gasteiger partial charge in [-0.15, -0.1) is 0 Å². The lowest BCUT2D eigenvalue weighted by atomic mass is 9.73. The topological polar surface area (TPSA) is 77.3 Å². The van der Waals surface area contributed by atoms with Crippen LogP contribution in [0.2, 0.25) is 0 Å². The van der Waals surface area contributed by atoms with Gasteiger partial charge in [-0.1, -0.05) is 279 Å². The SMILES string of the molecule is CC1(C)CC(C)(C)c2cc(-c3ccc4c5ccc(-c6nc(-c7ccccc7)nc(-c7ccccc7C7(C)CC(C)(C)c8ccc(-c9ccc%10c%11c(c%12ccc(-c%13nc(-c%14ccccc%14)nc(-c%14ccccc%14)n%13)cc%12c%10c9)CCC=C%11)cc87)n6)cc5c5ccccc5c4c3)ccc21. The van der Waals surface area contributed by atoms with Crippen molar-refractivity contribution in [1.82, 2.24) is 29.9 Å². The summed E-state index contributed by atoms with van der Waals surface area (Å²) in [6, 6.07) is 90.8. The third-order valence-corrected chi connectivity index (χ3v) is 21.8. The average molecular weight is 1250 g/mol. The van der Waals surface area contributed by atoms with E-state index >= 15 is 0 Å². The molecule has 0 bridgehead atoms. The Morgan fingerprint density at radius 2 is 0.629 bits per heavy atom. The average Bonchev–Trinajstić information content (AvgIpc) is 1.70. The summed E-state index contributed by atoms with van der Waals surface area (Å²) in [5, 5.41) is 12.2. The predicted molar refractivity (Wildman–Crippen MR) is 403 cm³/mol. The van der Waals surface area contributed by atoms with E-state index in [-0.39, 0.29) is 16.2 Å². The minimum Gasteiger partial charge on any atom is -0.208 e. The summed E-state index contributed by atoms with van der Waals surface area (Å²) in [6.45, 7) is 16.8. The number of aryl methyl sites for hydroxylation is 1. The van der Waals surface area contributed by atoms with Gasteiger partial charge < -0.3 is 0 Å². The minimum atomic E-state index is -0.425. The van der Waals surface area contributed by atoms with Crippen LogP contribution in [0.1, 0.15) is 107 Å². The van der Waals surface area contributed by atoms with Crippen molar-refractivity contribution in [1.29, 1.82) is 0 Å². The molecule has 0 N–H and O–H groups in total. The molecule has 0 saturated heterocycles. The monoisotopic (exact) mass is 1250 g/mol. The van der Waals surface area contributed by atoms with Crippen molar-refractivity contribution in [3.63, 3.8) is 0 Å². The molecule has 2 aromatic heterocycles. The van der Waals surface area contributed by atoms with Crippen LogP contribution in [0, 0.1) is 0 Å². The number of aromatic nitrogens is 6. The maximum atomic E-state index is 5.57. The molecule has 3 aliphatic rings. The standard InChI is InChI=1S/C91H72N6/c1-88(2)53-89(3,4)80-51-60(39-45-78(80)88)58-36-42-70-71-44-38-62(49-74(71)67-32-20-19-31-66(67)73(70)47-58)86-95-84(57-27-15-10-16-28-57)96-87(97-86)72-33-21-22-34-77(72)91(7)54-90(5,6)79-46-40-61(52-81(79)91)59-35-41-68-64-29-17-18-30-65(64)69-43-37-63(50-76(69)75(68)48-59)85-93-82(55-23-11-8-12-24-55)92-83(94-85)56-25-13-9-14-26-56/h8-17,19-29,31-52H,18,30,53-54H2,1-7H3. The lowest BCUT2D eigenvalue weighted by Crippen LogP contribution is -2.24. The van der Waals surface area contributed by atoms with E-state index < -0.39 is 5.41 Å². The Bertz CT molecular complexity index is 5730. The first-order valence-corrected chi connectivity index (χ1v) is 34.3. The van der Waals surface area contributed by atoms with Crippen LogP contribution in [-0.4, -0.2) is 29.9 Å². The number of fused-ring (bicyclic) bond motifs is 14. The van der Waals surface area contributed by atoms with Crippen molar-refractivity contribution in [2.45, 2.75) is 95.8 Å². The number of hydrogen-bond donors (Lipinski definition) is 0. The summed E-state index contributed by atoms with van der Waals surface area (Å²) in [7, 11) is 0. The maximum absolute atomic E-state index is 5.57. The highest BCUT2D eigenvalue weighted by Crippen LogP contribution is 2.56. The molecule has 466 valence electrons. The quantitative estimate of drug-likeness (QED) is 0.134. The highest BCUT2D eigenvalue weighted by molar-refractivity contribution is 6.26. The molecule has 6 heteroatoms. The second-order valence-electron chi connectivity index (χ2n) is 29.5. The third kappa shape index (κ3) is 9.65. The van der Waals surface area contributed by atoms with Gasteiger partial charge in [-0.05, 0) is 187 Å². The Kier molecular flexibility index (Phi) is 13.3. The number of nitrogens with zero attached hydrogens (tertiary/aromatic N) is 6. The lowest BCUT2D eigenvalue weighted by molar-refractivity contribution is 0.403. The molecular formula is C91H72N6. The van der Waals surface area contributed by atoms with Crippen molar-refractivity contribution in [2.24, 2.45) is 0 Å². The van der Waals surface area contributed by atoms with Crippen LogP contribution in [0.4, 0.5) is 0 Å². The first-order chi connectivity index (χ1) is 47.1. The Morgan fingerprint density at radius 1 is 0.258 bits per heavy atom. The van der Waals surface area contributed by atoms with Crippen molar-refractivity contribution in [3.05, 3.63) is 294 Å². The smallest absolute Gasteiger partial charge is 0.164 e. The third-order valence-electron chi connectivity index (χ3n) is 21.8. The molecule has 1 unspecified atom stereocenters. The minimum absolute atomic E-state index is 0.118. The summed E-state index contributed by atoms with van der Waals surface area (Å²) in [4.78, 5) is 31.8. The van der Waals surface area contributed by atoms with Crippen LogP contribution in [0.3, 0.4) is 0 Å². The molecule has 97 heavy (non-hydrogen) atoms. The van der Waals surface area contributed by atoms with Gasteiger partial charge in [0.2, 0.25) is 0 Å². The summed E-state index contributed by atoms with van der Waals surface area (Å²) in [5.74, 6) is 3.87. The summed E-state index contributed by atoms with van der Waals surface area (Å²) >= 11 is 0. The zero-order chi connectivity index (χ0) is 65.5. The van der Waals surface area contributed by atoms with Crippen LogP contribution < -0.4 is 0 Å². The molecule has 3 aliphatic carbocycles. The normalized spacial score (nSPS) is 16.5. The van der Waals surface area contributed by atoms with Crippen LogP contribution >= 0.6 is 0 Å². The second kappa shape index (κ2) is 22.0. The van der Waals surface area contributed by atoms with Crippen LogP contribution in [0.25, 0.3) is 151 Å². The molecule has 15 aromatic rings. The van der Waals surface area contributed by atoms with E-state index in [4.69, 9.17) is 29.9 Å². The van der Waals surface area contributed by atoms with E-state index in [9.17, 15) is 0 Å². The van der Waals surface area contributed by atoms with Gasteiger partial charge in [0.15, 0.2) is 34.9 Å². The van der Waals surface area contributed by atoms with E-state index in [0.717, 1.165) is 59.1 Å². The molecular weight excluding hydrogens is 1180 g/mol. The Morgan fingerprint density at radius 3 is 1.19 bits per heavy atom. The maximum Gasteiger partial charge on any atom is 0.164 e. The van der Waals surface area contributed by atoms with Gasteiger partial charge in [0.25, 0.3) is 0 Å². The fourth-order valence-electron chi connectivity index (χ4n) is 17.5. The van der Waals surface area contributed by atoms with Crippen LogP contribution in [0.15, 0.2) is 255 Å². The van der Waals surface area contributed by atoms with Gasteiger partial charge in [0, 0.05) is 38.8 Å². The number of hydrogen-bond acceptors (Lipinski definition) is 6. The van der Waals surface area contributed by atoms with E-state index in [2.05, 4.69) is 267 Å². The summed E-state index contributed by atoms with van der Waals surface area (Å²) in [5.41, 5.74) is 19.8. The van der Waals surface area contributed by atoms with E-state index in [1.807, 2.05) is 42.5 Å². The molecule has 1 atom stereocenters. The van der Waals surface area contributed by atoms with Gasteiger partial charge >= 0.3 is 0 Å². The van der Waals surface area contributed by atoms with Gasteiger partial charge in [-0.25, -0.2) is 29.9 Å². The van der Waals surface area contributed by atoms with E-state index in [0.29, 0.717) is 34.9 Å². The molecule has 2 heterocycles. The van der Waals surface area contributed by atoms with Crippen molar-refractivity contribution < 1.29 is 0 Å². The molecule has 0 amide bonds. The molecule has 0 fully saturated rings. The van der Waals surface area contributed by atoms with Crippen LogP contribution in [-0.2, 0) is 28.1 Å². The zero-order valence-corrected chi connectivity index (χ0v) is 55.8. The van der Waals surface area contributed by atoms with Gasteiger partial charge in [-0.2, -0.15) is 0 Å². The molecule has 0 saturated carbocycles. The number of benzene rings is 13. The molecule has 0 aliphatic heterocycles. The fraction of sp³-hybridized carbons (Fsp3) is 0.165. The highest BCUT2D eigenvalue weighted by Gasteiger charge is 2.47. The predicted octanol–water partition coefficient (Wildman–Crippen LogP) is 23.1. The Balaban J connectivity index is 0.750. The molecule has 0 spiro atoms. The molecule has 18 rings (SSSR count). The van der Waals surface area contributed by atoms with Crippen molar-refractivity contribution in [2.75, 3.05) is 0 Å². The van der Waals surface area contributed by atoms with E-state index in [1.54, 1.807) is 0 Å². The Labute approximate surface area is 566 Å². The largest absolute Gasteiger partial charge is 0.208 e. The van der Waals surface area contributed by atoms with Crippen molar-refractivity contribution >= 4 is 59.9 Å². The number of allylic oxidation sites excluding steroid dienone is 1. The molecule has 0 radical (unpaired) electrons. The fourth-order valence-corrected chi connectivity index (χ4v) is 17.5. The van der Waals surface area contributed by atoms with E-state index in [1.165, 1.54) is 115 Å². The molecule has 6 nitrogen and oxygen atoms in total.